The summed E-state index contributed by atoms with van der Waals surface area (Å²) in [7, 11) is 0. The van der Waals surface area contributed by atoms with E-state index in [4.69, 9.17) is 0 Å². The molecule has 1 aromatic rings. The molecule has 1 aliphatic carbocycles. The minimum absolute atomic E-state index is 0.0629. The molecule has 2 rings (SSSR count). The zero-order chi connectivity index (χ0) is 9.80. The minimum atomic E-state index is -0.0629. The Balaban J connectivity index is 1.60. The Bertz CT molecular complexity index is 292. The van der Waals surface area contributed by atoms with Crippen LogP contribution in [0.5, 0.6) is 0 Å². The zero-order valence-electron chi connectivity index (χ0n) is 7.92. The van der Waals surface area contributed by atoms with Gasteiger partial charge in [0.05, 0.1) is 6.33 Å². The maximum Gasteiger partial charge on any atom is 0.315 e. The highest BCUT2D eigenvalue weighted by Gasteiger charge is 2.22. The van der Waals surface area contributed by atoms with E-state index in [1.54, 1.807) is 12.5 Å². The van der Waals surface area contributed by atoms with Crippen molar-refractivity contribution in [3.63, 3.8) is 0 Å². The van der Waals surface area contributed by atoms with Crippen LogP contribution in [0.1, 0.15) is 18.5 Å². The minimum Gasteiger partial charge on any atom is -0.348 e. The molecule has 3 N–H and O–H groups in total. The first kappa shape index (κ1) is 9.05. The molecule has 0 atom stereocenters. The number of rotatable bonds is 4. The maximum absolute atomic E-state index is 11.2. The molecule has 0 unspecified atom stereocenters. The highest BCUT2D eigenvalue weighted by Crippen LogP contribution is 2.18. The number of imidazole rings is 1. The fraction of sp³-hybridized carbons (Fsp3) is 0.556. The molecule has 1 fully saturated rings. The van der Waals surface area contributed by atoms with Crippen molar-refractivity contribution < 1.29 is 4.79 Å². The van der Waals surface area contributed by atoms with Crippen molar-refractivity contribution in [2.45, 2.75) is 25.3 Å². The molecular weight excluding hydrogens is 180 g/mol. The first-order valence-electron chi connectivity index (χ1n) is 4.86. The number of urea groups is 1. The number of H-pyrrole nitrogens is 1. The number of aromatic nitrogens is 2. The van der Waals surface area contributed by atoms with E-state index >= 15 is 0 Å². The number of aromatic amines is 1. The Morgan fingerprint density at radius 3 is 3.14 bits per heavy atom. The average molecular weight is 194 g/mol. The van der Waals surface area contributed by atoms with Gasteiger partial charge in [-0.15, -0.1) is 0 Å². The van der Waals surface area contributed by atoms with Gasteiger partial charge in [0.15, 0.2) is 0 Å². The Morgan fingerprint density at radius 2 is 2.50 bits per heavy atom. The molecule has 5 heteroatoms. The molecule has 1 aromatic heterocycles. The molecule has 0 bridgehead atoms. The Hall–Kier alpha value is -1.52. The van der Waals surface area contributed by atoms with Crippen LogP contribution in [0.25, 0.3) is 0 Å². The lowest BCUT2D eigenvalue weighted by molar-refractivity contribution is 0.240. The highest BCUT2D eigenvalue weighted by atomic mass is 16.2. The summed E-state index contributed by atoms with van der Waals surface area (Å²) < 4.78 is 0. The third-order valence-electron chi connectivity index (χ3n) is 2.15. The van der Waals surface area contributed by atoms with E-state index in [0.717, 1.165) is 25.0 Å². The van der Waals surface area contributed by atoms with Crippen LogP contribution in [0.4, 0.5) is 4.79 Å². The van der Waals surface area contributed by atoms with Gasteiger partial charge >= 0.3 is 6.03 Å². The third-order valence-corrected chi connectivity index (χ3v) is 2.15. The van der Waals surface area contributed by atoms with Crippen LogP contribution >= 0.6 is 0 Å². The van der Waals surface area contributed by atoms with Gasteiger partial charge in [0.25, 0.3) is 0 Å². The van der Waals surface area contributed by atoms with Crippen LogP contribution in [0.3, 0.4) is 0 Å². The molecule has 1 heterocycles. The van der Waals surface area contributed by atoms with Gasteiger partial charge in [0.2, 0.25) is 0 Å². The molecule has 0 aliphatic heterocycles. The molecule has 0 saturated heterocycles. The second kappa shape index (κ2) is 4.13. The van der Waals surface area contributed by atoms with E-state index in [1.807, 2.05) is 0 Å². The summed E-state index contributed by atoms with van der Waals surface area (Å²) in [5.41, 5.74) is 1.04. The van der Waals surface area contributed by atoms with Crippen LogP contribution in [-0.4, -0.2) is 28.6 Å². The SMILES string of the molecule is O=C(NCCc1cnc[nH]1)NC1CC1. The number of nitrogens with one attached hydrogen (secondary N) is 3. The second-order valence-corrected chi connectivity index (χ2v) is 3.50. The smallest absolute Gasteiger partial charge is 0.315 e. The summed E-state index contributed by atoms with van der Waals surface area (Å²) in [5, 5.41) is 5.65. The largest absolute Gasteiger partial charge is 0.348 e. The van der Waals surface area contributed by atoms with Gasteiger partial charge in [-0.05, 0) is 12.8 Å². The molecule has 2 amide bonds. The van der Waals surface area contributed by atoms with Gasteiger partial charge in [-0.2, -0.15) is 0 Å². The van der Waals surface area contributed by atoms with E-state index in [9.17, 15) is 4.79 Å². The van der Waals surface area contributed by atoms with E-state index in [-0.39, 0.29) is 6.03 Å². The van der Waals surface area contributed by atoms with Gasteiger partial charge in [0, 0.05) is 30.9 Å². The first-order valence-corrected chi connectivity index (χ1v) is 4.86. The van der Waals surface area contributed by atoms with E-state index in [1.165, 1.54) is 0 Å². The molecule has 0 radical (unpaired) electrons. The number of hydrogen-bond acceptors (Lipinski definition) is 2. The fourth-order valence-electron chi connectivity index (χ4n) is 1.20. The first-order chi connectivity index (χ1) is 6.84. The molecule has 1 saturated carbocycles. The van der Waals surface area contributed by atoms with Gasteiger partial charge < -0.3 is 15.6 Å². The molecule has 76 valence electrons. The van der Waals surface area contributed by atoms with Crippen LogP contribution < -0.4 is 10.6 Å². The van der Waals surface area contributed by atoms with Crippen molar-refractivity contribution in [3.05, 3.63) is 18.2 Å². The zero-order valence-corrected chi connectivity index (χ0v) is 7.92. The summed E-state index contributed by atoms with van der Waals surface area (Å²) in [4.78, 5) is 18.0. The second-order valence-electron chi connectivity index (χ2n) is 3.50. The Morgan fingerprint density at radius 1 is 1.64 bits per heavy atom. The summed E-state index contributed by atoms with van der Waals surface area (Å²) in [6, 6.07) is 0.356. The fourth-order valence-corrected chi connectivity index (χ4v) is 1.20. The number of amides is 2. The van der Waals surface area contributed by atoms with E-state index in [2.05, 4.69) is 20.6 Å². The van der Waals surface area contributed by atoms with Crippen LogP contribution in [-0.2, 0) is 6.42 Å². The van der Waals surface area contributed by atoms with Crippen LogP contribution in [0.2, 0.25) is 0 Å². The predicted octanol–water partition coefficient (Wildman–Crippen LogP) is 0.414. The van der Waals surface area contributed by atoms with Gasteiger partial charge in [0.1, 0.15) is 0 Å². The molecule has 14 heavy (non-hydrogen) atoms. The number of nitrogens with zero attached hydrogens (tertiary/aromatic N) is 1. The molecule has 0 aromatic carbocycles. The lowest BCUT2D eigenvalue weighted by Gasteiger charge is -2.04. The Labute approximate surface area is 82.3 Å². The van der Waals surface area contributed by atoms with Gasteiger partial charge in [-0.1, -0.05) is 0 Å². The van der Waals surface area contributed by atoms with Crippen molar-refractivity contribution in [1.82, 2.24) is 20.6 Å². The van der Waals surface area contributed by atoms with Crippen LogP contribution in [0.15, 0.2) is 12.5 Å². The van der Waals surface area contributed by atoms with Crippen LogP contribution in [0, 0.1) is 0 Å². The van der Waals surface area contributed by atoms with E-state index < -0.39 is 0 Å². The number of hydrogen-bond donors (Lipinski definition) is 3. The van der Waals surface area contributed by atoms with E-state index in [0.29, 0.717) is 12.6 Å². The van der Waals surface area contributed by atoms with Crippen molar-refractivity contribution in [1.29, 1.82) is 0 Å². The summed E-state index contributed by atoms with van der Waals surface area (Å²) in [6.45, 7) is 0.640. The lowest BCUT2D eigenvalue weighted by atomic mass is 10.3. The van der Waals surface area contributed by atoms with Crippen molar-refractivity contribution in [3.8, 4) is 0 Å². The topological polar surface area (TPSA) is 69.8 Å². The summed E-state index contributed by atoms with van der Waals surface area (Å²) >= 11 is 0. The molecular formula is C9H14N4O. The Kier molecular flexibility index (Phi) is 2.67. The quantitative estimate of drug-likeness (QED) is 0.650. The van der Waals surface area contributed by atoms with Crippen molar-refractivity contribution in [2.75, 3.05) is 6.54 Å². The lowest BCUT2D eigenvalue weighted by Crippen LogP contribution is -2.37. The van der Waals surface area contributed by atoms with Gasteiger partial charge in [-0.25, -0.2) is 9.78 Å². The predicted molar refractivity (Wildman–Crippen MR) is 51.8 cm³/mol. The van der Waals surface area contributed by atoms with Gasteiger partial charge in [-0.3, -0.25) is 0 Å². The maximum atomic E-state index is 11.2. The molecule has 0 spiro atoms. The third kappa shape index (κ3) is 2.76. The highest BCUT2D eigenvalue weighted by molar-refractivity contribution is 5.74. The summed E-state index contributed by atoms with van der Waals surface area (Å²) in [6.07, 6.45) is 6.43. The van der Waals surface area contributed by atoms with Crippen molar-refractivity contribution >= 4 is 6.03 Å². The monoisotopic (exact) mass is 194 g/mol. The number of carbonyl (C=O) groups is 1. The number of carbonyl (C=O) groups excluding carboxylic acids is 1. The standard InChI is InChI=1S/C9H14N4O/c14-9(13-7-1-2-7)11-4-3-8-5-10-6-12-8/h5-7H,1-4H2,(H,10,12)(H2,11,13,14). The normalized spacial score (nSPS) is 15.1. The molecule has 5 nitrogen and oxygen atoms in total. The average Bonchev–Trinajstić information content (AvgIpc) is 2.82. The summed E-state index contributed by atoms with van der Waals surface area (Å²) in [5.74, 6) is 0. The molecule has 1 aliphatic rings. The van der Waals surface area contributed by atoms with Crippen molar-refractivity contribution in [2.24, 2.45) is 0 Å².